The molecule has 0 spiro atoms. The van der Waals surface area contributed by atoms with Gasteiger partial charge in [0, 0.05) is 10.4 Å². The Morgan fingerprint density at radius 1 is 1.19 bits per heavy atom. The molecule has 1 N–H and O–H groups in total. The Bertz CT molecular complexity index is 903. The van der Waals surface area contributed by atoms with Crippen LogP contribution in [0.15, 0.2) is 67.3 Å². The van der Waals surface area contributed by atoms with Crippen LogP contribution in [0.2, 0.25) is 0 Å². The average Bonchev–Trinajstić information content (AvgIpc) is 3.02. The van der Waals surface area contributed by atoms with Gasteiger partial charge >= 0.3 is 0 Å². The van der Waals surface area contributed by atoms with Crippen LogP contribution < -0.4 is 10.1 Å². The fourth-order valence-corrected chi connectivity index (χ4v) is 3.43. The zero-order valence-corrected chi connectivity index (χ0v) is 15.4. The second kappa shape index (κ2) is 8.45. The van der Waals surface area contributed by atoms with E-state index in [1.54, 1.807) is 0 Å². The van der Waals surface area contributed by atoms with Crippen molar-refractivity contribution in [2.75, 3.05) is 11.9 Å². The second-order valence-corrected chi connectivity index (χ2v) is 6.93. The second-order valence-electron chi connectivity index (χ2n) is 5.73. The minimum absolute atomic E-state index is 0.0620. The highest BCUT2D eigenvalue weighted by Gasteiger charge is 2.12. The predicted molar refractivity (Wildman–Crippen MR) is 107 cm³/mol. The van der Waals surface area contributed by atoms with Crippen molar-refractivity contribution >= 4 is 22.4 Å². The van der Waals surface area contributed by atoms with Gasteiger partial charge in [0.05, 0.1) is 5.69 Å². The Kier molecular flexibility index (Phi) is 5.81. The van der Waals surface area contributed by atoms with Crippen LogP contribution in [0.3, 0.4) is 0 Å². The van der Waals surface area contributed by atoms with Crippen LogP contribution in [0.5, 0.6) is 5.75 Å². The molecular formula is C21H20N2O2S. The molecule has 0 fully saturated rings. The number of anilines is 1. The zero-order chi connectivity index (χ0) is 18.4. The molecule has 0 saturated heterocycles. The number of carbonyl (C=O) groups is 1. The molecule has 26 heavy (non-hydrogen) atoms. The summed E-state index contributed by atoms with van der Waals surface area (Å²) < 4.78 is 5.66. The third-order valence-corrected chi connectivity index (χ3v) is 4.67. The number of benzene rings is 2. The number of thiazole rings is 1. The molecule has 0 unspecified atom stereocenters. The van der Waals surface area contributed by atoms with Crippen LogP contribution in [0.4, 0.5) is 5.13 Å². The Hall–Kier alpha value is -2.92. The number of rotatable bonds is 7. The van der Waals surface area contributed by atoms with Gasteiger partial charge in [-0.3, -0.25) is 10.1 Å². The van der Waals surface area contributed by atoms with Crippen LogP contribution in [0, 0.1) is 6.92 Å². The Labute approximate surface area is 157 Å². The molecule has 0 radical (unpaired) electrons. The van der Waals surface area contributed by atoms with Crippen LogP contribution >= 0.6 is 11.3 Å². The summed E-state index contributed by atoms with van der Waals surface area (Å²) >= 11 is 1.46. The van der Waals surface area contributed by atoms with E-state index in [4.69, 9.17) is 4.74 Å². The maximum absolute atomic E-state index is 12.2. The molecule has 3 aromatic rings. The smallest absolute Gasteiger partial charge is 0.264 e. The lowest BCUT2D eigenvalue weighted by Crippen LogP contribution is -2.20. The van der Waals surface area contributed by atoms with E-state index in [0.29, 0.717) is 17.3 Å². The summed E-state index contributed by atoms with van der Waals surface area (Å²) in [5, 5.41) is 3.40. The Morgan fingerprint density at radius 2 is 1.92 bits per heavy atom. The van der Waals surface area contributed by atoms with Crippen molar-refractivity contribution in [3.05, 3.63) is 77.7 Å². The van der Waals surface area contributed by atoms with Gasteiger partial charge in [0.1, 0.15) is 5.75 Å². The van der Waals surface area contributed by atoms with E-state index in [2.05, 4.69) is 16.9 Å². The maximum atomic E-state index is 12.2. The van der Waals surface area contributed by atoms with E-state index in [1.807, 2.05) is 67.6 Å². The normalized spacial score (nSPS) is 10.3. The number of nitrogens with one attached hydrogen (secondary N) is 1. The first kappa shape index (κ1) is 17.9. The molecule has 4 nitrogen and oxygen atoms in total. The fourth-order valence-electron chi connectivity index (χ4n) is 2.58. The number of hydrogen-bond acceptors (Lipinski definition) is 4. The topological polar surface area (TPSA) is 51.2 Å². The highest BCUT2D eigenvalue weighted by molar-refractivity contribution is 7.16. The quantitative estimate of drug-likeness (QED) is 0.609. The summed E-state index contributed by atoms with van der Waals surface area (Å²) in [6.45, 7) is 5.68. The summed E-state index contributed by atoms with van der Waals surface area (Å²) in [5.41, 5.74) is 2.94. The van der Waals surface area contributed by atoms with E-state index in [-0.39, 0.29) is 12.5 Å². The highest BCUT2D eigenvalue weighted by Crippen LogP contribution is 2.30. The maximum Gasteiger partial charge on any atom is 0.264 e. The third-order valence-electron chi connectivity index (χ3n) is 3.79. The van der Waals surface area contributed by atoms with Gasteiger partial charge in [-0.05, 0) is 25.0 Å². The molecule has 1 aromatic heterocycles. The van der Waals surface area contributed by atoms with Crippen molar-refractivity contribution in [3.63, 3.8) is 0 Å². The number of aromatic nitrogens is 1. The van der Waals surface area contributed by atoms with Crippen LogP contribution in [0.25, 0.3) is 11.3 Å². The number of ether oxygens (including phenoxy) is 1. The molecule has 0 aliphatic carbocycles. The van der Waals surface area contributed by atoms with E-state index >= 15 is 0 Å². The summed E-state index contributed by atoms with van der Waals surface area (Å²) in [5.74, 6) is 0.467. The van der Waals surface area contributed by atoms with E-state index < -0.39 is 0 Å². The lowest BCUT2D eigenvalue weighted by Gasteiger charge is -2.09. The number of aryl methyl sites for hydroxylation is 1. The van der Waals surface area contributed by atoms with Gasteiger partial charge in [-0.25, -0.2) is 4.98 Å². The molecule has 0 aliphatic rings. The van der Waals surface area contributed by atoms with Gasteiger partial charge in [0.15, 0.2) is 11.7 Å². The standard InChI is InChI=1S/C21H20N2O2S/c1-3-9-16-10-7-8-13-18(16)25-14-19(24)22-21-23-20(15(2)26-21)17-11-5-4-6-12-17/h3-8,10-13H,1,9,14H2,2H3,(H,22,23,24). The molecule has 0 saturated carbocycles. The van der Waals surface area contributed by atoms with Gasteiger partial charge in [-0.15, -0.1) is 17.9 Å². The number of amides is 1. The van der Waals surface area contributed by atoms with Crippen LogP contribution in [0.1, 0.15) is 10.4 Å². The van der Waals surface area contributed by atoms with Crippen molar-refractivity contribution in [2.24, 2.45) is 0 Å². The molecule has 132 valence electrons. The van der Waals surface area contributed by atoms with Crippen LogP contribution in [-0.4, -0.2) is 17.5 Å². The molecule has 2 aromatic carbocycles. The molecule has 3 rings (SSSR count). The fraction of sp³-hybridized carbons (Fsp3) is 0.143. The number of carbonyl (C=O) groups excluding carboxylic acids is 1. The minimum Gasteiger partial charge on any atom is -0.483 e. The lowest BCUT2D eigenvalue weighted by atomic mass is 10.1. The van der Waals surface area contributed by atoms with E-state index in [9.17, 15) is 4.79 Å². The molecule has 5 heteroatoms. The molecule has 0 atom stereocenters. The molecular weight excluding hydrogens is 344 g/mol. The molecule has 0 bridgehead atoms. The molecule has 0 aliphatic heterocycles. The van der Waals surface area contributed by atoms with Crippen molar-refractivity contribution < 1.29 is 9.53 Å². The summed E-state index contributed by atoms with van der Waals surface area (Å²) in [6, 6.07) is 17.6. The van der Waals surface area contributed by atoms with Crippen LogP contribution in [-0.2, 0) is 11.2 Å². The van der Waals surface area contributed by atoms with E-state index in [0.717, 1.165) is 21.7 Å². The van der Waals surface area contributed by atoms with Crippen molar-refractivity contribution in [1.82, 2.24) is 4.98 Å². The first-order valence-corrected chi connectivity index (χ1v) is 9.13. The molecule has 1 amide bonds. The summed E-state index contributed by atoms with van der Waals surface area (Å²) in [7, 11) is 0. The number of hydrogen-bond donors (Lipinski definition) is 1. The largest absolute Gasteiger partial charge is 0.483 e. The monoisotopic (exact) mass is 364 g/mol. The summed E-state index contributed by atoms with van der Waals surface area (Å²) in [6.07, 6.45) is 2.51. The average molecular weight is 364 g/mol. The van der Waals surface area contributed by atoms with Gasteiger partial charge in [-0.1, -0.05) is 54.6 Å². The number of nitrogens with zero attached hydrogens (tertiary/aromatic N) is 1. The van der Waals surface area contributed by atoms with Gasteiger partial charge in [0.2, 0.25) is 0 Å². The summed E-state index contributed by atoms with van der Waals surface area (Å²) in [4.78, 5) is 17.8. The van der Waals surface area contributed by atoms with E-state index in [1.165, 1.54) is 11.3 Å². The third kappa shape index (κ3) is 4.37. The Balaban J connectivity index is 1.63. The lowest BCUT2D eigenvalue weighted by molar-refractivity contribution is -0.118. The Morgan fingerprint density at radius 3 is 2.69 bits per heavy atom. The molecule has 1 heterocycles. The van der Waals surface area contributed by atoms with Crippen molar-refractivity contribution in [1.29, 1.82) is 0 Å². The predicted octanol–water partition coefficient (Wildman–Crippen LogP) is 4.86. The SMILES string of the molecule is C=CCc1ccccc1OCC(=O)Nc1nc(-c2ccccc2)c(C)s1. The first-order chi connectivity index (χ1) is 12.7. The van der Waals surface area contributed by atoms with Gasteiger partial charge in [0.25, 0.3) is 5.91 Å². The van der Waals surface area contributed by atoms with Crippen molar-refractivity contribution in [2.45, 2.75) is 13.3 Å². The van der Waals surface area contributed by atoms with Gasteiger partial charge in [-0.2, -0.15) is 0 Å². The van der Waals surface area contributed by atoms with Crippen molar-refractivity contribution in [3.8, 4) is 17.0 Å². The zero-order valence-electron chi connectivity index (χ0n) is 14.6. The number of para-hydroxylation sites is 1. The first-order valence-electron chi connectivity index (χ1n) is 8.31. The number of allylic oxidation sites excluding steroid dienone is 1. The minimum atomic E-state index is -0.230. The van der Waals surface area contributed by atoms with Gasteiger partial charge < -0.3 is 4.74 Å². The highest BCUT2D eigenvalue weighted by atomic mass is 32.1.